The van der Waals surface area contributed by atoms with Gasteiger partial charge in [0.05, 0.1) is 6.54 Å². The van der Waals surface area contributed by atoms with E-state index in [1.54, 1.807) is 7.05 Å². The second-order valence-electron chi connectivity index (χ2n) is 7.42. The van der Waals surface area contributed by atoms with Gasteiger partial charge in [-0.3, -0.25) is 9.79 Å². The average molecular weight is 453 g/mol. The fraction of sp³-hybridized carbons (Fsp3) is 0.882. The number of likely N-dealkylation sites (N-methyl/N-ethyl adjacent to an activating group) is 1. The molecule has 1 rings (SSSR count). The lowest BCUT2D eigenvalue weighted by atomic mass is 9.94. The molecule has 1 fully saturated rings. The summed E-state index contributed by atoms with van der Waals surface area (Å²) in [5.41, 5.74) is -0.210. The number of nitrogens with zero attached hydrogens (tertiary/aromatic N) is 2. The Morgan fingerprint density at radius 2 is 1.79 bits per heavy atom. The Labute approximate surface area is 164 Å². The number of guanidine groups is 1. The molecular formula is C17H36IN5O. The molecule has 0 spiro atoms. The van der Waals surface area contributed by atoms with Crippen molar-refractivity contribution >= 4 is 35.8 Å². The zero-order valence-electron chi connectivity index (χ0n) is 15.9. The number of carbonyl (C=O) groups excluding carboxylic acids is 1. The molecule has 1 saturated carbocycles. The zero-order valence-corrected chi connectivity index (χ0v) is 18.3. The molecule has 24 heavy (non-hydrogen) atoms. The van der Waals surface area contributed by atoms with Gasteiger partial charge in [0, 0.05) is 31.7 Å². The highest BCUT2D eigenvalue weighted by Gasteiger charge is 2.17. The van der Waals surface area contributed by atoms with E-state index in [-0.39, 0.29) is 42.0 Å². The fourth-order valence-electron chi connectivity index (χ4n) is 2.90. The van der Waals surface area contributed by atoms with E-state index < -0.39 is 0 Å². The highest BCUT2D eigenvalue weighted by atomic mass is 127. The maximum atomic E-state index is 11.8. The normalized spacial score (nSPS) is 16.5. The lowest BCUT2D eigenvalue weighted by Crippen LogP contribution is -2.49. The molecule has 0 bridgehead atoms. The Bertz CT molecular complexity index is 389. The summed E-state index contributed by atoms with van der Waals surface area (Å²) in [5, 5.41) is 9.25. The van der Waals surface area contributed by atoms with Gasteiger partial charge in [0.2, 0.25) is 5.91 Å². The monoisotopic (exact) mass is 453 g/mol. The molecule has 1 amide bonds. The van der Waals surface area contributed by atoms with Crippen LogP contribution in [0.2, 0.25) is 0 Å². The molecule has 1 aliphatic carbocycles. The highest BCUT2D eigenvalue weighted by Crippen LogP contribution is 2.21. The number of hydrogen-bond acceptors (Lipinski definition) is 3. The van der Waals surface area contributed by atoms with Gasteiger partial charge in [-0.25, -0.2) is 0 Å². The number of halogens is 1. The van der Waals surface area contributed by atoms with Crippen LogP contribution in [0.3, 0.4) is 0 Å². The molecule has 0 heterocycles. The third-order valence-corrected chi connectivity index (χ3v) is 4.11. The van der Waals surface area contributed by atoms with Gasteiger partial charge >= 0.3 is 0 Å². The van der Waals surface area contributed by atoms with Crippen LogP contribution in [0.5, 0.6) is 0 Å². The molecule has 0 radical (unpaired) electrons. The molecule has 0 atom stereocenters. The van der Waals surface area contributed by atoms with E-state index in [9.17, 15) is 4.79 Å². The lowest BCUT2D eigenvalue weighted by Gasteiger charge is -2.31. The first kappa shape index (κ1) is 23.4. The maximum Gasteiger partial charge on any atom is 0.239 e. The Balaban J connectivity index is 0.00000529. The minimum Gasteiger partial charge on any atom is -0.355 e. The molecule has 0 saturated heterocycles. The van der Waals surface area contributed by atoms with Crippen molar-refractivity contribution in [3.63, 3.8) is 0 Å². The predicted molar refractivity (Wildman–Crippen MR) is 112 cm³/mol. The van der Waals surface area contributed by atoms with Gasteiger partial charge in [0.25, 0.3) is 0 Å². The van der Waals surface area contributed by atoms with Crippen molar-refractivity contribution in [2.45, 2.75) is 64.5 Å². The molecule has 0 aliphatic heterocycles. The largest absolute Gasteiger partial charge is 0.355 e. The number of aliphatic imine (C=N–C) groups is 1. The Morgan fingerprint density at radius 1 is 1.17 bits per heavy atom. The number of hydrogen-bond donors (Lipinski definition) is 3. The fourth-order valence-corrected chi connectivity index (χ4v) is 2.90. The van der Waals surface area contributed by atoms with Crippen LogP contribution in [0.25, 0.3) is 0 Å². The topological polar surface area (TPSA) is 68.8 Å². The molecule has 6 nitrogen and oxygen atoms in total. The summed E-state index contributed by atoms with van der Waals surface area (Å²) in [7, 11) is 3.92. The zero-order chi connectivity index (χ0) is 17.3. The molecule has 142 valence electrons. The smallest absolute Gasteiger partial charge is 0.239 e. The second-order valence-corrected chi connectivity index (χ2v) is 7.42. The van der Waals surface area contributed by atoms with Crippen LogP contribution in [-0.4, -0.2) is 62.1 Å². The van der Waals surface area contributed by atoms with Crippen LogP contribution >= 0.6 is 24.0 Å². The average Bonchev–Trinajstić information content (AvgIpc) is 2.49. The summed E-state index contributed by atoms with van der Waals surface area (Å²) in [6, 6.07) is 0.720. The molecule has 0 aromatic heterocycles. The maximum absolute atomic E-state index is 11.8. The minimum absolute atomic E-state index is 0. The Hall–Kier alpha value is -0.570. The summed E-state index contributed by atoms with van der Waals surface area (Å²) < 4.78 is 0. The van der Waals surface area contributed by atoms with Gasteiger partial charge in [0.15, 0.2) is 5.96 Å². The summed E-state index contributed by atoms with van der Waals surface area (Å²) in [6.07, 6.45) is 6.73. The van der Waals surface area contributed by atoms with Crippen molar-refractivity contribution in [2.75, 3.05) is 33.7 Å². The SMILES string of the molecule is CN=C(NCCN(C)C1CCCCC1)NCC(=O)NC(C)(C)C.I. The van der Waals surface area contributed by atoms with Crippen molar-refractivity contribution < 1.29 is 4.79 Å². The first-order chi connectivity index (χ1) is 10.8. The number of carbonyl (C=O) groups is 1. The van der Waals surface area contributed by atoms with Crippen LogP contribution in [0.4, 0.5) is 0 Å². The first-order valence-electron chi connectivity index (χ1n) is 8.77. The summed E-state index contributed by atoms with van der Waals surface area (Å²) >= 11 is 0. The summed E-state index contributed by atoms with van der Waals surface area (Å²) in [5.74, 6) is 0.644. The van der Waals surface area contributed by atoms with E-state index in [4.69, 9.17) is 0 Å². The van der Waals surface area contributed by atoms with Gasteiger partial charge in [-0.2, -0.15) is 0 Å². The van der Waals surface area contributed by atoms with Crippen LogP contribution < -0.4 is 16.0 Å². The van der Waals surface area contributed by atoms with Gasteiger partial charge in [-0.15, -0.1) is 24.0 Å². The molecule has 7 heteroatoms. The van der Waals surface area contributed by atoms with Crippen molar-refractivity contribution in [1.29, 1.82) is 0 Å². The molecule has 1 aliphatic rings. The molecule has 0 unspecified atom stereocenters. The quantitative estimate of drug-likeness (QED) is 0.327. The third-order valence-electron chi connectivity index (χ3n) is 4.11. The Morgan fingerprint density at radius 3 is 2.33 bits per heavy atom. The van der Waals surface area contributed by atoms with Gasteiger partial charge < -0.3 is 20.9 Å². The van der Waals surface area contributed by atoms with Crippen molar-refractivity contribution in [3.8, 4) is 0 Å². The third kappa shape index (κ3) is 10.3. The lowest BCUT2D eigenvalue weighted by molar-refractivity contribution is -0.121. The van der Waals surface area contributed by atoms with Gasteiger partial charge in [-0.05, 0) is 40.7 Å². The van der Waals surface area contributed by atoms with E-state index in [1.807, 2.05) is 20.8 Å². The van der Waals surface area contributed by atoms with Gasteiger partial charge in [0.1, 0.15) is 0 Å². The van der Waals surface area contributed by atoms with E-state index in [2.05, 4.69) is 32.9 Å². The Kier molecular flexibility index (Phi) is 11.6. The summed E-state index contributed by atoms with van der Waals surface area (Å²) in [6.45, 7) is 7.96. The van der Waals surface area contributed by atoms with E-state index in [1.165, 1.54) is 32.1 Å². The minimum atomic E-state index is -0.210. The molecule has 0 aromatic carbocycles. The molecule has 3 N–H and O–H groups in total. The van der Waals surface area contributed by atoms with Gasteiger partial charge in [-0.1, -0.05) is 19.3 Å². The van der Waals surface area contributed by atoms with E-state index in [0.29, 0.717) is 5.96 Å². The highest BCUT2D eigenvalue weighted by molar-refractivity contribution is 14.0. The molecule has 0 aromatic rings. The molecular weight excluding hydrogens is 417 g/mol. The van der Waals surface area contributed by atoms with E-state index >= 15 is 0 Å². The van der Waals surface area contributed by atoms with Crippen LogP contribution in [-0.2, 0) is 4.79 Å². The standard InChI is InChI=1S/C17H35N5O.HI/c1-17(2,3)21-15(23)13-20-16(18-4)19-11-12-22(5)14-9-7-6-8-10-14;/h14H,6-13H2,1-5H3,(H,21,23)(H2,18,19,20);1H. The first-order valence-corrected chi connectivity index (χ1v) is 8.77. The van der Waals surface area contributed by atoms with Crippen LogP contribution in [0, 0.1) is 0 Å². The van der Waals surface area contributed by atoms with Crippen LogP contribution in [0.1, 0.15) is 52.9 Å². The van der Waals surface area contributed by atoms with Crippen LogP contribution in [0.15, 0.2) is 4.99 Å². The van der Waals surface area contributed by atoms with Crippen molar-refractivity contribution in [1.82, 2.24) is 20.9 Å². The predicted octanol–water partition coefficient (Wildman–Crippen LogP) is 1.95. The van der Waals surface area contributed by atoms with Crippen molar-refractivity contribution in [3.05, 3.63) is 0 Å². The second kappa shape index (κ2) is 11.9. The number of amides is 1. The number of nitrogens with one attached hydrogen (secondary N) is 3. The number of rotatable bonds is 6. The van der Waals surface area contributed by atoms with Crippen molar-refractivity contribution in [2.24, 2.45) is 4.99 Å². The van der Waals surface area contributed by atoms with E-state index in [0.717, 1.165) is 19.1 Å². The summed E-state index contributed by atoms with van der Waals surface area (Å²) in [4.78, 5) is 18.4.